The minimum Gasteiger partial charge on any atom is -0.325 e. The van der Waals surface area contributed by atoms with Gasteiger partial charge in [-0.3, -0.25) is 0 Å². The van der Waals surface area contributed by atoms with E-state index in [1.807, 2.05) is 4.90 Å². The van der Waals surface area contributed by atoms with E-state index in [1.54, 1.807) is 0 Å². The summed E-state index contributed by atoms with van der Waals surface area (Å²) < 4.78 is 0. The maximum atomic E-state index is 12.4. The van der Waals surface area contributed by atoms with Crippen molar-refractivity contribution in [2.24, 2.45) is 5.41 Å². The van der Waals surface area contributed by atoms with Gasteiger partial charge in [0.15, 0.2) is 0 Å². The summed E-state index contributed by atoms with van der Waals surface area (Å²) in [6, 6.07) is 0.718. The Kier molecular flexibility index (Phi) is 3.13. The van der Waals surface area contributed by atoms with E-state index in [1.165, 1.54) is 25.7 Å². The molecule has 2 amide bonds. The maximum Gasteiger partial charge on any atom is 0.320 e. The highest BCUT2D eigenvalue weighted by Gasteiger charge is 2.38. The van der Waals surface area contributed by atoms with Crippen LogP contribution in [0.5, 0.6) is 0 Å². The van der Waals surface area contributed by atoms with E-state index in [9.17, 15) is 4.79 Å². The number of carbonyl (C=O) groups is 1. The minimum atomic E-state index is 0.214. The van der Waals surface area contributed by atoms with Crippen molar-refractivity contribution in [1.82, 2.24) is 9.80 Å². The van der Waals surface area contributed by atoms with Crippen molar-refractivity contribution >= 4 is 6.03 Å². The molecule has 16 heavy (non-hydrogen) atoms. The first kappa shape index (κ1) is 11.7. The van der Waals surface area contributed by atoms with E-state index in [-0.39, 0.29) is 11.4 Å². The van der Waals surface area contributed by atoms with E-state index >= 15 is 0 Å². The first-order chi connectivity index (χ1) is 7.50. The van der Waals surface area contributed by atoms with Gasteiger partial charge in [-0.1, -0.05) is 20.8 Å². The van der Waals surface area contributed by atoms with E-state index in [0.717, 1.165) is 19.6 Å². The number of hydrogen-bond acceptors (Lipinski definition) is 1. The molecule has 2 rings (SSSR count). The molecule has 0 saturated carbocycles. The van der Waals surface area contributed by atoms with Crippen molar-refractivity contribution in [3.63, 3.8) is 0 Å². The average Bonchev–Trinajstić information content (AvgIpc) is 2.87. The molecule has 3 nitrogen and oxygen atoms in total. The molecular weight excluding hydrogens is 200 g/mol. The van der Waals surface area contributed by atoms with E-state index in [4.69, 9.17) is 0 Å². The van der Waals surface area contributed by atoms with Crippen molar-refractivity contribution < 1.29 is 4.79 Å². The molecule has 2 fully saturated rings. The summed E-state index contributed by atoms with van der Waals surface area (Å²) in [6.07, 6.45) is 4.70. The Morgan fingerprint density at radius 2 is 1.69 bits per heavy atom. The van der Waals surface area contributed by atoms with Crippen LogP contribution in [0.3, 0.4) is 0 Å². The fraction of sp³-hybridized carbons (Fsp3) is 0.923. The molecule has 0 radical (unpaired) electrons. The zero-order valence-electron chi connectivity index (χ0n) is 10.8. The van der Waals surface area contributed by atoms with Crippen molar-refractivity contribution in [2.75, 3.05) is 19.6 Å². The standard InChI is InChI=1S/C13H24N2O/c1-13(2,3)11-7-6-10-15(11)12(16)14-8-4-5-9-14/h11H,4-10H2,1-3H3. The highest BCUT2D eigenvalue weighted by molar-refractivity contribution is 5.75. The zero-order valence-corrected chi connectivity index (χ0v) is 10.8. The van der Waals surface area contributed by atoms with Crippen LogP contribution >= 0.6 is 0 Å². The van der Waals surface area contributed by atoms with Gasteiger partial charge in [-0.2, -0.15) is 0 Å². The second-order valence-electron chi connectivity index (χ2n) is 6.19. The van der Waals surface area contributed by atoms with Gasteiger partial charge >= 0.3 is 6.03 Å². The minimum absolute atomic E-state index is 0.214. The Labute approximate surface area is 98.8 Å². The van der Waals surface area contributed by atoms with Gasteiger partial charge in [0.2, 0.25) is 0 Å². The lowest BCUT2D eigenvalue weighted by molar-refractivity contribution is 0.121. The third kappa shape index (κ3) is 2.18. The largest absolute Gasteiger partial charge is 0.325 e. The zero-order chi connectivity index (χ0) is 11.8. The smallest absolute Gasteiger partial charge is 0.320 e. The van der Waals surface area contributed by atoms with E-state index < -0.39 is 0 Å². The van der Waals surface area contributed by atoms with Crippen LogP contribution in [0.1, 0.15) is 46.5 Å². The van der Waals surface area contributed by atoms with Crippen LogP contribution in [-0.4, -0.2) is 41.5 Å². The van der Waals surface area contributed by atoms with Crippen molar-refractivity contribution in [3.8, 4) is 0 Å². The van der Waals surface area contributed by atoms with Crippen molar-refractivity contribution in [2.45, 2.75) is 52.5 Å². The molecule has 3 heteroatoms. The molecular formula is C13H24N2O. The van der Waals surface area contributed by atoms with E-state index in [0.29, 0.717) is 6.04 Å². The van der Waals surface area contributed by atoms with Gasteiger partial charge < -0.3 is 9.80 Å². The summed E-state index contributed by atoms with van der Waals surface area (Å²) >= 11 is 0. The average molecular weight is 224 g/mol. The molecule has 2 aliphatic heterocycles. The molecule has 2 saturated heterocycles. The molecule has 0 aromatic carbocycles. The lowest BCUT2D eigenvalue weighted by Crippen LogP contribution is -2.48. The van der Waals surface area contributed by atoms with Crippen LogP contribution < -0.4 is 0 Å². The third-order valence-electron chi connectivity index (χ3n) is 3.87. The second-order valence-corrected chi connectivity index (χ2v) is 6.19. The first-order valence-electron chi connectivity index (χ1n) is 6.56. The molecule has 2 aliphatic rings. The molecule has 0 spiro atoms. The Hall–Kier alpha value is -0.730. The van der Waals surface area contributed by atoms with Crippen LogP contribution in [0.2, 0.25) is 0 Å². The fourth-order valence-corrected chi connectivity index (χ4v) is 2.99. The maximum absolute atomic E-state index is 12.4. The number of urea groups is 1. The molecule has 2 heterocycles. The Balaban J connectivity index is 2.04. The summed E-state index contributed by atoms with van der Waals surface area (Å²) in [5, 5.41) is 0. The number of amides is 2. The Morgan fingerprint density at radius 1 is 1.06 bits per heavy atom. The fourth-order valence-electron chi connectivity index (χ4n) is 2.99. The molecule has 0 N–H and O–H groups in total. The van der Waals surface area contributed by atoms with Crippen LogP contribution in [0, 0.1) is 5.41 Å². The quantitative estimate of drug-likeness (QED) is 0.620. The highest BCUT2D eigenvalue weighted by atomic mass is 16.2. The van der Waals surface area contributed by atoms with Crippen LogP contribution in [0.15, 0.2) is 0 Å². The van der Waals surface area contributed by atoms with Gasteiger partial charge in [0, 0.05) is 25.7 Å². The number of likely N-dealkylation sites (tertiary alicyclic amines) is 2. The Morgan fingerprint density at radius 3 is 2.25 bits per heavy atom. The predicted molar refractivity (Wildman–Crippen MR) is 65.4 cm³/mol. The first-order valence-corrected chi connectivity index (χ1v) is 6.56. The molecule has 0 aromatic heterocycles. The lowest BCUT2D eigenvalue weighted by Gasteiger charge is -2.37. The topological polar surface area (TPSA) is 23.6 Å². The molecule has 0 bridgehead atoms. The van der Waals surface area contributed by atoms with Gasteiger partial charge in [-0.05, 0) is 31.1 Å². The van der Waals surface area contributed by atoms with Crippen LogP contribution in [0.4, 0.5) is 4.79 Å². The summed E-state index contributed by atoms with van der Waals surface area (Å²) in [7, 11) is 0. The Bertz CT molecular complexity index is 264. The molecule has 0 aromatic rings. The normalized spacial score (nSPS) is 26.6. The van der Waals surface area contributed by atoms with Crippen molar-refractivity contribution in [3.05, 3.63) is 0 Å². The van der Waals surface area contributed by atoms with Gasteiger partial charge in [-0.25, -0.2) is 4.79 Å². The summed E-state index contributed by atoms with van der Waals surface area (Å²) in [4.78, 5) is 16.5. The van der Waals surface area contributed by atoms with Crippen LogP contribution in [-0.2, 0) is 0 Å². The van der Waals surface area contributed by atoms with Gasteiger partial charge in [-0.15, -0.1) is 0 Å². The number of hydrogen-bond donors (Lipinski definition) is 0. The highest BCUT2D eigenvalue weighted by Crippen LogP contribution is 2.33. The van der Waals surface area contributed by atoms with Crippen LogP contribution in [0.25, 0.3) is 0 Å². The SMILES string of the molecule is CC(C)(C)C1CCCN1C(=O)N1CCCC1. The molecule has 1 atom stereocenters. The summed E-state index contributed by atoms with van der Waals surface area (Å²) in [5.41, 5.74) is 0.214. The van der Waals surface area contributed by atoms with Crippen molar-refractivity contribution in [1.29, 1.82) is 0 Å². The summed E-state index contributed by atoms with van der Waals surface area (Å²) in [5.74, 6) is 0. The predicted octanol–water partition coefficient (Wildman–Crippen LogP) is 2.71. The van der Waals surface area contributed by atoms with Gasteiger partial charge in [0.25, 0.3) is 0 Å². The number of nitrogens with zero attached hydrogens (tertiary/aromatic N) is 2. The third-order valence-corrected chi connectivity index (χ3v) is 3.87. The molecule has 92 valence electrons. The second kappa shape index (κ2) is 4.27. The van der Waals surface area contributed by atoms with Gasteiger partial charge in [0.05, 0.1) is 0 Å². The van der Waals surface area contributed by atoms with E-state index in [2.05, 4.69) is 25.7 Å². The molecule has 1 unspecified atom stereocenters. The van der Waals surface area contributed by atoms with Gasteiger partial charge in [0.1, 0.15) is 0 Å². The monoisotopic (exact) mass is 224 g/mol. The summed E-state index contributed by atoms with van der Waals surface area (Å²) in [6.45, 7) is 9.61. The number of rotatable bonds is 0. The lowest BCUT2D eigenvalue weighted by atomic mass is 9.85. The molecule has 0 aliphatic carbocycles. The number of carbonyl (C=O) groups excluding carboxylic acids is 1.